The molecule has 0 saturated carbocycles. The van der Waals surface area contributed by atoms with Crippen molar-refractivity contribution >= 4 is 15.7 Å². The summed E-state index contributed by atoms with van der Waals surface area (Å²) in [7, 11) is -3.42. The second-order valence-electron chi connectivity index (χ2n) is 5.48. The molecule has 0 aromatic heterocycles. The zero-order chi connectivity index (χ0) is 14.6. The molecule has 0 saturated heterocycles. The number of anilines is 1. The van der Waals surface area contributed by atoms with Crippen LogP contribution in [0, 0.1) is 0 Å². The Balaban J connectivity index is 2.21. The lowest BCUT2D eigenvalue weighted by atomic mass is 10.0. The van der Waals surface area contributed by atoms with E-state index in [2.05, 4.69) is 17.0 Å². The summed E-state index contributed by atoms with van der Waals surface area (Å²) in [6, 6.07) is 5.45. The van der Waals surface area contributed by atoms with Gasteiger partial charge in [0.25, 0.3) is 0 Å². The molecule has 0 spiro atoms. The lowest BCUT2D eigenvalue weighted by Gasteiger charge is -2.22. The minimum Gasteiger partial charge on any atom is -0.385 e. The van der Waals surface area contributed by atoms with Crippen molar-refractivity contribution in [1.29, 1.82) is 0 Å². The lowest BCUT2D eigenvalue weighted by Crippen LogP contribution is -2.33. The normalized spacial score (nSPS) is 16.3. The van der Waals surface area contributed by atoms with E-state index in [1.54, 1.807) is 6.07 Å². The molecule has 1 atom stereocenters. The number of fused-ring (bicyclic) bond motifs is 1. The molecule has 20 heavy (non-hydrogen) atoms. The highest BCUT2D eigenvalue weighted by molar-refractivity contribution is 7.89. The number of rotatable bonds is 6. The number of sulfonamides is 1. The predicted octanol–water partition coefficient (Wildman–Crippen LogP) is 2.90. The van der Waals surface area contributed by atoms with E-state index in [4.69, 9.17) is 0 Å². The molecule has 1 aromatic carbocycles. The molecule has 0 bridgehead atoms. The van der Waals surface area contributed by atoms with Crippen LogP contribution in [0.25, 0.3) is 0 Å². The van der Waals surface area contributed by atoms with Crippen molar-refractivity contribution in [2.45, 2.75) is 56.9 Å². The lowest BCUT2D eigenvalue weighted by molar-refractivity contribution is 0.533. The van der Waals surface area contributed by atoms with Gasteiger partial charge >= 0.3 is 0 Å². The Morgan fingerprint density at radius 2 is 2.20 bits per heavy atom. The third-order valence-corrected chi connectivity index (χ3v) is 5.36. The predicted molar refractivity (Wildman–Crippen MR) is 82.6 cm³/mol. The van der Waals surface area contributed by atoms with E-state index in [0.29, 0.717) is 4.90 Å². The average molecular weight is 296 g/mol. The summed E-state index contributed by atoms with van der Waals surface area (Å²) in [6.07, 6.45) is 4.80. The van der Waals surface area contributed by atoms with Crippen LogP contribution >= 0.6 is 0 Å². The first-order valence-corrected chi connectivity index (χ1v) is 8.91. The SMILES string of the molecule is CCCCC(C)NS(=O)(=O)c1cccc2c1CCCN2. The van der Waals surface area contributed by atoms with E-state index in [-0.39, 0.29) is 6.04 Å². The van der Waals surface area contributed by atoms with E-state index in [1.165, 1.54) is 0 Å². The van der Waals surface area contributed by atoms with Gasteiger partial charge in [-0.25, -0.2) is 13.1 Å². The van der Waals surface area contributed by atoms with Crippen LogP contribution in [0.2, 0.25) is 0 Å². The second-order valence-corrected chi connectivity index (χ2v) is 7.16. The van der Waals surface area contributed by atoms with Crippen molar-refractivity contribution in [2.24, 2.45) is 0 Å². The molecule has 1 aromatic rings. The van der Waals surface area contributed by atoms with Gasteiger partial charge in [-0.1, -0.05) is 25.8 Å². The van der Waals surface area contributed by atoms with Gasteiger partial charge < -0.3 is 5.32 Å². The Labute approximate surface area is 122 Å². The topological polar surface area (TPSA) is 58.2 Å². The van der Waals surface area contributed by atoms with Gasteiger partial charge in [0.15, 0.2) is 0 Å². The standard InChI is InChI=1S/C15H24N2O2S/c1-3-4-7-12(2)17-20(18,19)15-10-5-9-14-13(15)8-6-11-16-14/h5,9-10,12,16-17H,3-4,6-8,11H2,1-2H3. The zero-order valence-corrected chi connectivity index (χ0v) is 13.1. The first kappa shape index (κ1) is 15.3. The summed E-state index contributed by atoms with van der Waals surface area (Å²) in [4.78, 5) is 0.436. The van der Waals surface area contributed by atoms with Crippen LogP contribution in [0.15, 0.2) is 23.1 Å². The zero-order valence-electron chi connectivity index (χ0n) is 12.3. The summed E-state index contributed by atoms with van der Waals surface area (Å²) in [5.74, 6) is 0. The molecule has 1 aliphatic rings. The number of benzene rings is 1. The molecule has 1 unspecified atom stereocenters. The van der Waals surface area contributed by atoms with E-state index in [9.17, 15) is 8.42 Å². The summed E-state index contributed by atoms with van der Waals surface area (Å²) in [6.45, 7) is 4.96. The first-order valence-electron chi connectivity index (χ1n) is 7.42. The van der Waals surface area contributed by atoms with Gasteiger partial charge in [-0.2, -0.15) is 0 Å². The van der Waals surface area contributed by atoms with Gasteiger partial charge in [0, 0.05) is 18.3 Å². The number of unbranched alkanes of at least 4 members (excludes halogenated alkanes) is 1. The summed E-state index contributed by atoms with van der Waals surface area (Å²) < 4.78 is 27.9. The molecular weight excluding hydrogens is 272 g/mol. The first-order chi connectivity index (χ1) is 9.54. The van der Waals surface area contributed by atoms with Crippen molar-refractivity contribution in [3.8, 4) is 0 Å². The third kappa shape index (κ3) is 3.52. The van der Waals surface area contributed by atoms with Crippen molar-refractivity contribution < 1.29 is 8.42 Å². The maximum atomic E-state index is 12.5. The van der Waals surface area contributed by atoms with Crippen LogP contribution in [-0.4, -0.2) is 21.0 Å². The van der Waals surface area contributed by atoms with Gasteiger partial charge in [0.1, 0.15) is 0 Å². The Bertz CT molecular complexity index is 555. The van der Waals surface area contributed by atoms with Crippen molar-refractivity contribution in [3.63, 3.8) is 0 Å². The molecule has 1 heterocycles. The van der Waals surface area contributed by atoms with E-state index < -0.39 is 10.0 Å². The largest absolute Gasteiger partial charge is 0.385 e. The highest BCUT2D eigenvalue weighted by Crippen LogP contribution is 2.28. The molecule has 5 heteroatoms. The fraction of sp³-hybridized carbons (Fsp3) is 0.600. The second kappa shape index (κ2) is 6.59. The Morgan fingerprint density at radius 1 is 1.40 bits per heavy atom. The Morgan fingerprint density at radius 3 is 2.95 bits per heavy atom. The summed E-state index contributed by atoms with van der Waals surface area (Å²) >= 11 is 0. The Hall–Kier alpha value is -1.07. The molecule has 0 aliphatic carbocycles. The summed E-state index contributed by atoms with van der Waals surface area (Å²) in [5.41, 5.74) is 1.88. The van der Waals surface area contributed by atoms with Crippen LogP contribution in [0.1, 0.15) is 45.1 Å². The molecular formula is C15H24N2O2S. The monoisotopic (exact) mass is 296 g/mol. The van der Waals surface area contributed by atoms with Crippen LogP contribution in [0.3, 0.4) is 0 Å². The molecule has 0 amide bonds. The minimum atomic E-state index is -3.42. The van der Waals surface area contributed by atoms with E-state index in [0.717, 1.165) is 49.9 Å². The molecule has 2 rings (SSSR count). The van der Waals surface area contributed by atoms with Crippen molar-refractivity contribution in [3.05, 3.63) is 23.8 Å². The number of nitrogens with one attached hydrogen (secondary N) is 2. The maximum absolute atomic E-state index is 12.5. The van der Waals surface area contributed by atoms with E-state index in [1.807, 2.05) is 19.1 Å². The smallest absolute Gasteiger partial charge is 0.241 e. The number of hydrogen-bond acceptors (Lipinski definition) is 3. The van der Waals surface area contributed by atoms with Gasteiger partial charge in [0.2, 0.25) is 10.0 Å². The highest BCUT2D eigenvalue weighted by Gasteiger charge is 2.23. The Kier molecular flexibility index (Phi) is 5.05. The quantitative estimate of drug-likeness (QED) is 0.848. The van der Waals surface area contributed by atoms with Crippen molar-refractivity contribution in [2.75, 3.05) is 11.9 Å². The molecule has 2 N–H and O–H groups in total. The van der Waals surface area contributed by atoms with Gasteiger partial charge in [-0.3, -0.25) is 0 Å². The molecule has 1 aliphatic heterocycles. The number of hydrogen-bond donors (Lipinski definition) is 2. The highest BCUT2D eigenvalue weighted by atomic mass is 32.2. The molecule has 0 fully saturated rings. The maximum Gasteiger partial charge on any atom is 0.241 e. The van der Waals surface area contributed by atoms with Gasteiger partial charge in [0.05, 0.1) is 4.90 Å². The van der Waals surface area contributed by atoms with Crippen LogP contribution in [0.5, 0.6) is 0 Å². The van der Waals surface area contributed by atoms with Crippen LogP contribution in [-0.2, 0) is 16.4 Å². The van der Waals surface area contributed by atoms with Crippen LogP contribution in [0.4, 0.5) is 5.69 Å². The minimum absolute atomic E-state index is 0.0210. The third-order valence-electron chi connectivity index (χ3n) is 3.69. The fourth-order valence-electron chi connectivity index (χ4n) is 2.63. The van der Waals surface area contributed by atoms with Gasteiger partial charge in [-0.15, -0.1) is 0 Å². The summed E-state index contributed by atoms with van der Waals surface area (Å²) in [5, 5.41) is 3.27. The van der Waals surface area contributed by atoms with Crippen LogP contribution < -0.4 is 10.0 Å². The molecule has 0 radical (unpaired) electrons. The molecule has 4 nitrogen and oxygen atoms in total. The van der Waals surface area contributed by atoms with Gasteiger partial charge in [-0.05, 0) is 43.9 Å². The van der Waals surface area contributed by atoms with Crippen molar-refractivity contribution in [1.82, 2.24) is 4.72 Å². The average Bonchev–Trinajstić information content (AvgIpc) is 2.44. The fourth-order valence-corrected chi connectivity index (χ4v) is 4.20. The molecule has 112 valence electrons. The van der Waals surface area contributed by atoms with E-state index >= 15 is 0 Å².